The highest BCUT2D eigenvalue weighted by Gasteiger charge is 2.20. The Bertz CT molecular complexity index is 875. The zero-order valence-corrected chi connectivity index (χ0v) is 13.3. The molecule has 0 spiro atoms. The maximum atomic E-state index is 12.3. The van der Waals surface area contributed by atoms with Gasteiger partial charge in [0.1, 0.15) is 10.8 Å². The summed E-state index contributed by atoms with van der Waals surface area (Å²) in [7, 11) is -3.60. The molecule has 0 amide bonds. The predicted octanol–water partition coefficient (Wildman–Crippen LogP) is 2.28. The van der Waals surface area contributed by atoms with E-state index in [9.17, 15) is 8.42 Å². The molecule has 3 aromatic heterocycles. The molecule has 0 unspecified atom stereocenters. The van der Waals surface area contributed by atoms with Gasteiger partial charge in [-0.3, -0.25) is 4.98 Å². The summed E-state index contributed by atoms with van der Waals surface area (Å²) in [6.07, 6.45) is 4.65. The van der Waals surface area contributed by atoms with Gasteiger partial charge in [0.15, 0.2) is 0 Å². The van der Waals surface area contributed by atoms with Gasteiger partial charge >= 0.3 is 0 Å². The summed E-state index contributed by atoms with van der Waals surface area (Å²) >= 11 is 1.36. The summed E-state index contributed by atoms with van der Waals surface area (Å²) in [6.45, 7) is 1.80. The molecule has 8 heteroatoms. The van der Waals surface area contributed by atoms with Crippen molar-refractivity contribution in [2.45, 2.75) is 17.8 Å². The molecule has 0 N–H and O–H groups in total. The Morgan fingerprint density at radius 2 is 1.91 bits per heavy atom. The van der Waals surface area contributed by atoms with Crippen molar-refractivity contribution in [3.63, 3.8) is 0 Å². The van der Waals surface area contributed by atoms with E-state index < -0.39 is 9.84 Å². The molecular formula is C14H12N4O2S2. The molecular weight excluding hydrogens is 320 g/mol. The second-order valence-electron chi connectivity index (χ2n) is 4.66. The highest BCUT2D eigenvalue weighted by atomic mass is 32.2. The fraction of sp³-hybridized carbons (Fsp3) is 0.143. The predicted molar refractivity (Wildman–Crippen MR) is 83.0 cm³/mol. The quantitative estimate of drug-likeness (QED) is 0.681. The number of hydrogen-bond donors (Lipinski definition) is 0. The summed E-state index contributed by atoms with van der Waals surface area (Å²) in [5, 5.41) is 2.23. The van der Waals surface area contributed by atoms with E-state index in [1.165, 1.54) is 23.7 Å². The molecule has 6 nitrogen and oxygen atoms in total. The third-order valence-corrected chi connectivity index (χ3v) is 5.17. The lowest BCUT2D eigenvalue weighted by atomic mass is 10.4. The van der Waals surface area contributed by atoms with Crippen molar-refractivity contribution in [3.8, 4) is 10.7 Å². The van der Waals surface area contributed by atoms with Crippen LogP contribution in [0.5, 0.6) is 0 Å². The van der Waals surface area contributed by atoms with Gasteiger partial charge in [-0.2, -0.15) is 0 Å². The molecule has 0 aliphatic carbocycles. The first-order valence-electron chi connectivity index (χ1n) is 6.42. The SMILES string of the molecule is Cc1cnc(S(=O)(=O)Cc2csc(-c3ccccn3)n2)nc1. The monoisotopic (exact) mass is 332 g/mol. The van der Waals surface area contributed by atoms with Crippen molar-refractivity contribution in [1.29, 1.82) is 0 Å². The van der Waals surface area contributed by atoms with Crippen molar-refractivity contribution in [2.24, 2.45) is 0 Å². The normalized spacial score (nSPS) is 11.5. The molecule has 0 radical (unpaired) electrons. The summed E-state index contributed by atoms with van der Waals surface area (Å²) in [4.78, 5) is 16.3. The van der Waals surface area contributed by atoms with Crippen molar-refractivity contribution in [3.05, 3.63) is 53.4 Å². The fourth-order valence-electron chi connectivity index (χ4n) is 1.78. The second kappa shape index (κ2) is 5.90. The van der Waals surface area contributed by atoms with E-state index in [0.717, 1.165) is 11.3 Å². The minimum Gasteiger partial charge on any atom is -0.254 e. The van der Waals surface area contributed by atoms with E-state index in [1.54, 1.807) is 18.5 Å². The van der Waals surface area contributed by atoms with Crippen LogP contribution in [-0.4, -0.2) is 28.4 Å². The van der Waals surface area contributed by atoms with Crippen LogP contribution < -0.4 is 0 Å². The van der Waals surface area contributed by atoms with Crippen LogP contribution >= 0.6 is 11.3 Å². The van der Waals surface area contributed by atoms with Gasteiger partial charge in [-0.15, -0.1) is 11.3 Å². The minimum absolute atomic E-state index is 0.175. The minimum atomic E-state index is -3.60. The number of aryl methyl sites for hydroxylation is 1. The maximum absolute atomic E-state index is 12.3. The van der Waals surface area contributed by atoms with Gasteiger partial charge in [0.2, 0.25) is 15.0 Å². The van der Waals surface area contributed by atoms with E-state index >= 15 is 0 Å². The largest absolute Gasteiger partial charge is 0.254 e. The molecule has 0 aromatic carbocycles. The average Bonchev–Trinajstić information content (AvgIpc) is 2.96. The molecule has 0 saturated heterocycles. The lowest BCUT2D eigenvalue weighted by Gasteiger charge is -2.00. The second-order valence-corrected chi connectivity index (χ2v) is 7.40. The first-order valence-corrected chi connectivity index (χ1v) is 8.95. The van der Waals surface area contributed by atoms with E-state index in [4.69, 9.17) is 0 Å². The number of hydrogen-bond acceptors (Lipinski definition) is 7. The number of sulfone groups is 1. The third-order valence-electron chi connectivity index (χ3n) is 2.81. The topological polar surface area (TPSA) is 85.7 Å². The zero-order chi connectivity index (χ0) is 15.6. The van der Waals surface area contributed by atoms with E-state index in [0.29, 0.717) is 10.7 Å². The lowest BCUT2D eigenvalue weighted by Crippen LogP contribution is -2.09. The van der Waals surface area contributed by atoms with Crippen molar-refractivity contribution in [1.82, 2.24) is 19.9 Å². The Hall–Kier alpha value is -2.19. The zero-order valence-electron chi connectivity index (χ0n) is 11.7. The summed E-state index contributed by atoms with van der Waals surface area (Å²) in [5.41, 5.74) is 2.00. The van der Waals surface area contributed by atoms with Crippen LogP contribution in [0.15, 0.2) is 47.3 Å². The third kappa shape index (κ3) is 3.18. The van der Waals surface area contributed by atoms with E-state index in [1.807, 2.05) is 18.2 Å². The van der Waals surface area contributed by atoms with Crippen LogP contribution in [0.1, 0.15) is 11.3 Å². The molecule has 0 fully saturated rings. The van der Waals surface area contributed by atoms with E-state index in [2.05, 4.69) is 19.9 Å². The first-order chi connectivity index (χ1) is 10.5. The van der Waals surface area contributed by atoms with Crippen LogP contribution in [0, 0.1) is 6.92 Å². The van der Waals surface area contributed by atoms with Crippen LogP contribution in [-0.2, 0) is 15.6 Å². The van der Waals surface area contributed by atoms with Gasteiger partial charge in [0.05, 0.1) is 11.4 Å². The number of pyridine rings is 1. The molecule has 0 aliphatic heterocycles. The first kappa shape index (κ1) is 14.7. The number of thiazole rings is 1. The molecule has 3 rings (SSSR count). The maximum Gasteiger partial charge on any atom is 0.247 e. The van der Waals surface area contributed by atoms with Crippen LogP contribution in [0.3, 0.4) is 0 Å². The highest BCUT2D eigenvalue weighted by molar-refractivity contribution is 7.90. The van der Waals surface area contributed by atoms with Gasteiger partial charge in [-0.05, 0) is 24.6 Å². The van der Waals surface area contributed by atoms with Gasteiger partial charge < -0.3 is 0 Å². The molecule has 0 saturated carbocycles. The van der Waals surface area contributed by atoms with Gasteiger partial charge in [0, 0.05) is 24.0 Å². The average molecular weight is 332 g/mol. The summed E-state index contributed by atoms with van der Waals surface area (Å²) in [6, 6.07) is 5.51. The van der Waals surface area contributed by atoms with Gasteiger partial charge in [0.25, 0.3) is 0 Å². The van der Waals surface area contributed by atoms with Crippen LogP contribution in [0.25, 0.3) is 10.7 Å². The summed E-state index contributed by atoms with van der Waals surface area (Å²) in [5.74, 6) is -0.223. The van der Waals surface area contributed by atoms with Gasteiger partial charge in [-0.25, -0.2) is 23.4 Å². The molecule has 3 heterocycles. The van der Waals surface area contributed by atoms with Crippen molar-refractivity contribution in [2.75, 3.05) is 0 Å². The molecule has 0 aliphatic rings. The molecule has 0 atom stereocenters. The Labute approximate surface area is 131 Å². The van der Waals surface area contributed by atoms with Gasteiger partial charge in [-0.1, -0.05) is 6.07 Å². The standard InChI is InChI=1S/C14H12N4O2S2/c1-10-6-16-14(17-7-10)22(19,20)9-11-8-21-13(18-11)12-4-2-3-5-15-12/h2-8H,9H2,1H3. The Kier molecular flexibility index (Phi) is 3.95. The van der Waals surface area contributed by atoms with Crippen molar-refractivity contribution >= 4 is 21.2 Å². The molecule has 112 valence electrons. The highest BCUT2D eigenvalue weighted by Crippen LogP contribution is 2.23. The fourth-order valence-corrected chi connectivity index (χ4v) is 3.77. The Morgan fingerprint density at radius 1 is 1.14 bits per heavy atom. The molecule has 3 aromatic rings. The summed E-state index contributed by atoms with van der Waals surface area (Å²) < 4.78 is 24.6. The number of rotatable bonds is 4. The molecule has 22 heavy (non-hydrogen) atoms. The van der Waals surface area contributed by atoms with Crippen molar-refractivity contribution < 1.29 is 8.42 Å². The smallest absolute Gasteiger partial charge is 0.247 e. The van der Waals surface area contributed by atoms with E-state index in [-0.39, 0.29) is 10.9 Å². The Morgan fingerprint density at radius 3 is 2.59 bits per heavy atom. The van der Waals surface area contributed by atoms with Crippen LogP contribution in [0.2, 0.25) is 0 Å². The number of nitrogens with zero attached hydrogens (tertiary/aromatic N) is 4. The van der Waals surface area contributed by atoms with Crippen LogP contribution in [0.4, 0.5) is 0 Å². The number of aromatic nitrogens is 4. The lowest BCUT2D eigenvalue weighted by molar-refractivity contribution is 0.585. The Balaban J connectivity index is 1.84. The molecule has 0 bridgehead atoms.